The lowest BCUT2D eigenvalue weighted by Crippen LogP contribution is -2.29. The van der Waals surface area contributed by atoms with Crippen LogP contribution in [0, 0.1) is 5.82 Å². The van der Waals surface area contributed by atoms with Gasteiger partial charge >= 0.3 is 0 Å². The SMILES string of the molecule is NNC(c1cscn1)c1cc(Br)ccc1F. The van der Waals surface area contributed by atoms with Gasteiger partial charge < -0.3 is 0 Å². The maximum Gasteiger partial charge on any atom is 0.128 e. The fourth-order valence-electron chi connectivity index (χ4n) is 1.43. The monoisotopic (exact) mass is 301 g/mol. The Bertz CT molecular complexity index is 475. The third-order valence-electron chi connectivity index (χ3n) is 2.18. The first-order valence-corrected chi connectivity index (χ1v) is 6.25. The molecule has 0 saturated carbocycles. The molecule has 0 aliphatic heterocycles. The minimum absolute atomic E-state index is 0.306. The third-order valence-corrected chi connectivity index (χ3v) is 3.28. The Hall–Kier alpha value is -0.820. The zero-order chi connectivity index (χ0) is 11.5. The van der Waals surface area contributed by atoms with Crippen LogP contribution < -0.4 is 11.3 Å². The lowest BCUT2D eigenvalue weighted by atomic mass is 10.0. The van der Waals surface area contributed by atoms with Gasteiger partial charge in [0.2, 0.25) is 0 Å². The molecule has 0 spiro atoms. The second kappa shape index (κ2) is 5.01. The molecular formula is C10H9BrFN3S. The number of nitrogens with one attached hydrogen (secondary N) is 1. The maximum absolute atomic E-state index is 13.7. The van der Waals surface area contributed by atoms with Crippen LogP contribution in [-0.4, -0.2) is 4.98 Å². The van der Waals surface area contributed by atoms with Crippen molar-refractivity contribution in [2.24, 2.45) is 5.84 Å². The highest BCUT2D eigenvalue weighted by Crippen LogP contribution is 2.26. The molecule has 1 heterocycles. The minimum atomic E-state index is -0.427. The van der Waals surface area contributed by atoms with E-state index in [1.54, 1.807) is 17.6 Å². The van der Waals surface area contributed by atoms with Crippen LogP contribution in [0.15, 0.2) is 33.6 Å². The summed E-state index contributed by atoms with van der Waals surface area (Å²) >= 11 is 4.75. The topological polar surface area (TPSA) is 50.9 Å². The van der Waals surface area contributed by atoms with E-state index in [0.29, 0.717) is 11.3 Å². The van der Waals surface area contributed by atoms with Crippen molar-refractivity contribution in [3.05, 3.63) is 50.6 Å². The molecule has 1 aromatic heterocycles. The summed E-state index contributed by atoms with van der Waals surface area (Å²) < 4.78 is 14.5. The number of aromatic nitrogens is 1. The van der Waals surface area contributed by atoms with Gasteiger partial charge in [0.25, 0.3) is 0 Å². The summed E-state index contributed by atoms with van der Waals surface area (Å²) in [6, 6.07) is 4.31. The first-order chi connectivity index (χ1) is 7.72. The highest BCUT2D eigenvalue weighted by molar-refractivity contribution is 9.10. The van der Waals surface area contributed by atoms with Crippen molar-refractivity contribution in [3.8, 4) is 0 Å². The molecule has 0 bridgehead atoms. The number of nitrogens with two attached hydrogens (primary N) is 1. The second-order valence-corrected chi connectivity index (χ2v) is 4.81. The predicted octanol–water partition coefficient (Wildman–Crippen LogP) is 2.60. The van der Waals surface area contributed by atoms with Gasteiger partial charge in [-0.3, -0.25) is 5.84 Å². The van der Waals surface area contributed by atoms with E-state index >= 15 is 0 Å². The molecule has 0 aliphatic rings. The molecule has 1 unspecified atom stereocenters. The van der Waals surface area contributed by atoms with Crippen LogP contribution >= 0.6 is 27.3 Å². The fourth-order valence-corrected chi connectivity index (χ4v) is 2.39. The van der Waals surface area contributed by atoms with Crippen molar-refractivity contribution in [2.75, 3.05) is 0 Å². The Labute approximate surface area is 105 Å². The molecule has 0 amide bonds. The van der Waals surface area contributed by atoms with Crippen molar-refractivity contribution in [1.82, 2.24) is 10.4 Å². The van der Waals surface area contributed by atoms with Crippen LogP contribution in [0.1, 0.15) is 17.3 Å². The number of hydrazine groups is 1. The number of hydrogen-bond acceptors (Lipinski definition) is 4. The summed E-state index contributed by atoms with van der Waals surface area (Å²) in [5, 5.41) is 1.84. The Morgan fingerprint density at radius 2 is 2.31 bits per heavy atom. The number of hydrogen-bond donors (Lipinski definition) is 2. The molecule has 0 fully saturated rings. The Morgan fingerprint density at radius 3 is 2.94 bits per heavy atom. The summed E-state index contributed by atoms with van der Waals surface area (Å²) in [7, 11) is 0. The zero-order valence-electron chi connectivity index (χ0n) is 8.15. The first-order valence-electron chi connectivity index (χ1n) is 4.51. The molecule has 84 valence electrons. The Morgan fingerprint density at radius 1 is 1.50 bits per heavy atom. The van der Waals surface area contributed by atoms with Gasteiger partial charge in [0, 0.05) is 15.4 Å². The van der Waals surface area contributed by atoms with Crippen molar-refractivity contribution in [1.29, 1.82) is 0 Å². The molecular weight excluding hydrogens is 293 g/mol. The van der Waals surface area contributed by atoms with E-state index in [9.17, 15) is 4.39 Å². The number of rotatable bonds is 3. The summed E-state index contributed by atoms with van der Waals surface area (Å²) in [6.45, 7) is 0. The Balaban J connectivity index is 2.44. The van der Waals surface area contributed by atoms with Crippen molar-refractivity contribution >= 4 is 27.3 Å². The lowest BCUT2D eigenvalue weighted by molar-refractivity contribution is 0.554. The lowest BCUT2D eigenvalue weighted by Gasteiger charge is -2.15. The standard InChI is InChI=1S/C10H9BrFN3S/c11-6-1-2-8(12)7(3-6)10(15-13)9-4-16-5-14-9/h1-5,10,15H,13H2. The molecule has 6 heteroatoms. The van der Waals surface area contributed by atoms with E-state index in [2.05, 4.69) is 26.3 Å². The summed E-state index contributed by atoms with van der Waals surface area (Å²) in [5.74, 6) is 5.14. The van der Waals surface area contributed by atoms with E-state index in [1.807, 2.05) is 5.38 Å². The molecule has 2 rings (SSSR count). The molecule has 0 aliphatic carbocycles. The maximum atomic E-state index is 13.7. The molecule has 3 N–H and O–H groups in total. The largest absolute Gasteiger partial charge is 0.271 e. The van der Waals surface area contributed by atoms with E-state index < -0.39 is 6.04 Å². The number of thiazole rings is 1. The van der Waals surface area contributed by atoms with E-state index in [1.165, 1.54) is 17.4 Å². The minimum Gasteiger partial charge on any atom is -0.271 e. The zero-order valence-corrected chi connectivity index (χ0v) is 10.6. The van der Waals surface area contributed by atoms with E-state index in [0.717, 1.165) is 4.47 Å². The highest BCUT2D eigenvalue weighted by atomic mass is 79.9. The van der Waals surface area contributed by atoms with Gasteiger partial charge in [-0.2, -0.15) is 0 Å². The van der Waals surface area contributed by atoms with Crippen molar-refractivity contribution in [2.45, 2.75) is 6.04 Å². The van der Waals surface area contributed by atoms with Crippen LogP contribution in [0.2, 0.25) is 0 Å². The van der Waals surface area contributed by atoms with Gasteiger partial charge in [0.15, 0.2) is 0 Å². The molecule has 3 nitrogen and oxygen atoms in total. The molecule has 0 radical (unpaired) electrons. The van der Waals surface area contributed by atoms with Crippen LogP contribution in [0.4, 0.5) is 4.39 Å². The molecule has 0 saturated heterocycles. The highest BCUT2D eigenvalue weighted by Gasteiger charge is 2.18. The molecule has 1 aromatic carbocycles. The normalized spacial score (nSPS) is 12.7. The van der Waals surface area contributed by atoms with E-state index in [-0.39, 0.29) is 5.82 Å². The number of benzene rings is 1. The first kappa shape index (κ1) is 11.7. The number of nitrogens with zero attached hydrogens (tertiary/aromatic N) is 1. The smallest absolute Gasteiger partial charge is 0.128 e. The van der Waals surface area contributed by atoms with Crippen molar-refractivity contribution < 1.29 is 4.39 Å². The van der Waals surface area contributed by atoms with Gasteiger partial charge in [-0.1, -0.05) is 15.9 Å². The van der Waals surface area contributed by atoms with Gasteiger partial charge in [0.05, 0.1) is 17.2 Å². The predicted molar refractivity (Wildman–Crippen MR) is 65.4 cm³/mol. The average molecular weight is 302 g/mol. The van der Waals surface area contributed by atoms with Gasteiger partial charge in [-0.15, -0.1) is 11.3 Å². The van der Waals surface area contributed by atoms with Crippen LogP contribution in [0.25, 0.3) is 0 Å². The summed E-state index contributed by atoms with van der Waals surface area (Å²) in [5.41, 5.74) is 5.45. The second-order valence-electron chi connectivity index (χ2n) is 3.18. The van der Waals surface area contributed by atoms with Crippen LogP contribution in [0.3, 0.4) is 0 Å². The van der Waals surface area contributed by atoms with Gasteiger partial charge in [-0.05, 0) is 18.2 Å². The van der Waals surface area contributed by atoms with Crippen LogP contribution in [-0.2, 0) is 0 Å². The quantitative estimate of drug-likeness (QED) is 0.677. The fraction of sp³-hybridized carbons (Fsp3) is 0.100. The molecule has 16 heavy (non-hydrogen) atoms. The van der Waals surface area contributed by atoms with Crippen LogP contribution in [0.5, 0.6) is 0 Å². The summed E-state index contributed by atoms with van der Waals surface area (Å²) in [4.78, 5) is 4.13. The van der Waals surface area contributed by atoms with Gasteiger partial charge in [0.1, 0.15) is 5.82 Å². The van der Waals surface area contributed by atoms with Crippen molar-refractivity contribution in [3.63, 3.8) is 0 Å². The average Bonchev–Trinajstić information content (AvgIpc) is 2.78. The summed E-state index contributed by atoms with van der Waals surface area (Å²) in [6.07, 6.45) is 0. The van der Waals surface area contributed by atoms with Gasteiger partial charge in [-0.25, -0.2) is 14.8 Å². The molecule has 1 atom stereocenters. The Kier molecular flexibility index (Phi) is 3.65. The number of halogens is 2. The molecule has 2 aromatic rings. The van der Waals surface area contributed by atoms with E-state index in [4.69, 9.17) is 5.84 Å². The third kappa shape index (κ3) is 2.30.